The summed E-state index contributed by atoms with van der Waals surface area (Å²) < 4.78 is 60.2. The molecule has 1 unspecified atom stereocenters. The van der Waals surface area contributed by atoms with Crippen molar-refractivity contribution in [2.24, 2.45) is 0 Å². The summed E-state index contributed by atoms with van der Waals surface area (Å²) in [6, 6.07) is 0.126. The van der Waals surface area contributed by atoms with E-state index in [1.807, 2.05) is 20.8 Å². The first kappa shape index (κ1) is 47.6. The monoisotopic (exact) mass is 923 g/mol. The van der Waals surface area contributed by atoms with Gasteiger partial charge in [0.15, 0.2) is 23.8 Å². The number of hydrogen-bond acceptors (Lipinski definition) is 20. The molecule has 2 fully saturated rings. The van der Waals surface area contributed by atoms with Crippen LogP contribution < -0.4 is 17.2 Å². The first-order chi connectivity index (χ1) is 28.1. The normalized spacial score (nSPS) is 24.9. The molecule has 1 amide bonds. The van der Waals surface area contributed by atoms with E-state index in [0.29, 0.717) is 6.42 Å². The number of fused-ring (bicyclic) bond motifs is 1. The van der Waals surface area contributed by atoms with E-state index in [4.69, 9.17) is 34.7 Å². The Kier molecular flexibility index (Phi) is 15.6. The van der Waals surface area contributed by atoms with Gasteiger partial charge >= 0.3 is 27.3 Å². The molecule has 0 saturated carbocycles. The second-order valence-electron chi connectivity index (χ2n) is 14.5. The van der Waals surface area contributed by atoms with Crippen LogP contribution in [0.2, 0.25) is 0 Å². The Morgan fingerprint density at radius 3 is 2.50 bits per heavy atom. The summed E-state index contributed by atoms with van der Waals surface area (Å²) in [5, 5.41) is 11.7. The lowest BCUT2D eigenvalue weighted by Crippen LogP contribution is -2.48. The number of carbonyl (C=O) groups excluding carboxylic acids is 2. The number of phosphoric ester groups is 2. The smallest absolute Gasteiger partial charge is 0.455 e. The maximum Gasteiger partial charge on any atom is 0.472 e. The molecule has 0 aliphatic carbocycles. The Morgan fingerprint density at radius 1 is 1.12 bits per heavy atom. The lowest BCUT2D eigenvalue weighted by Gasteiger charge is -2.30. The second-order valence-corrected chi connectivity index (χ2v) is 20.3. The molecule has 2 aliphatic rings. The molecule has 5 heterocycles. The van der Waals surface area contributed by atoms with E-state index in [1.165, 1.54) is 56.7 Å². The number of esters is 1. The van der Waals surface area contributed by atoms with E-state index in [1.54, 1.807) is 6.08 Å². The number of allylic oxidation sites excluding steroid dienone is 1. The minimum absolute atomic E-state index is 0.0188. The molecule has 8 N–H and O–H groups in total. The van der Waals surface area contributed by atoms with E-state index in [-0.39, 0.29) is 52.0 Å². The summed E-state index contributed by atoms with van der Waals surface area (Å²) in [5.74, 6) is -1.29. The fourth-order valence-corrected chi connectivity index (χ4v) is 9.87. The largest absolute Gasteiger partial charge is 0.472 e. The molecule has 0 radical (unpaired) electrons. The molecule has 9 atom stereocenters. The number of nitrogen functional groups attached to an aromatic ring is 2. The lowest BCUT2D eigenvalue weighted by atomic mass is 10.1. The molecule has 0 spiro atoms. The number of phosphoric acid groups is 2. The molecular formula is C32H47N9O15P2S2. The van der Waals surface area contributed by atoms with Crippen molar-refractivity contribution in [2.45, 2.75) is 93.8 Å². The lowest BCUT2D eigenvalue weighted by molar-refractivity contribution is -0.164. The van der Waals surface area contributed by atoms with E-state index < -0.39 is 89.5 Å². The van der Waals surface area contributed by atoms with Crippen LogP contribution in [-0.4, -0.2) is 133 Å². The van der Waals surface area contributed by atoms with Crippen LogP contribution in [0.25, 0.3) is 11.2 Å². The quantitative estimate of drug-likeness (QED) is 0.0427. The number of hydrogen-bond donors (Lipinski definition) is 6. The standard InChI is InChI=1S/C32H47N9O15P2S2/c1-6-7-8-22(42)39(5)17(14-59-60-32(2,3)4)30(44)55-26-20(54-29(25(26)43)41-16-37-24-27(34)35-15-36-28(24)41)13-52-58(49,50)56-18-11-23(40-10-9-21(33)38-31(40)45)53-19(18)12-51-57(46,47)48/h6,9-10,15-20,23,25-26,29,43H,1,7-8,11-14H2,2-5H3,(H,49,50)(H2,33,38,45)(H2,34,35,36)(H2,46,47,48)/t17-,18-,19+,20+,23+,25+,26+,29+/m0/s1. The molecule has 3 aromatic rings. The van der Waals surface area contributed by atoms with E-state index in [9.17, 15) is 43.3 Å². The molecule has 0 aromatic carbocycles. The number of amides is 1. The number of anilines is 2. The number of aromatic nitrogens is 6. The van der Waals surface area contributed by atoms with Crippen molar-refractivity contribution in [1.29, 1.82) is 0 Å². The predicted molar refractivity (Wildman–Crippen MR) is 215 cm³/mol. The Hall–Kier alpha value is -3.49. The summed E-state index contributed by atoms with van der Waals surface area (Å²) in [6.07, 6.45) is -5.02. The van der Waals surface area contributed by atoms with Crippen LogP contribution in [0, 0.1) is 0 Å². The van der Waals surface area contributed by atoms with Gasteiger partial charge < -0.3 is 50.4 Å². The minimum atomic E-state index is -5.21. The van der Waals surface area contributed by atoms with E-state index in [2.05, 4.69) is 31.0 Å². The molecule has 0 bridgehead atoms. The maximum absolute atomic E-state index is 14.0. The van der Waals surface area contributed by atoms with Gasteiger partial charge in [-0.2, -0.15) is 4.98 Å². The zero-order valence-electron chi connectivity index (χ0n) is 32.7. The summed E-state index contributed by atoms with van der Waals surface area (Å²) >= 11 is 0. The number of imidazole rings is 1. The van der Waals surface area contributed by atoms with Gasteiger partial charge in [0.25, 0.3) is 0 Å². The molecule has 5 rings (SSSR count). The second kappa shape index (κ2) is 19.7. The first-order valence-corrected chi connectivity index (χ1v) is 23.4. The number of nitrogens with two attached hydrogens (primary N) is 2. The minimum Gasteiger partial charge on any atom is -0.455 e. The highest BCUT2D eigenvalue weighted by molar-refractivity contribution is 8.77. The molecule has 332 valence electrons. The molecule has 3 aromatic heterocycles. The van der Waals surface area contributed by atoms with Crippen LogP contribution in [-0.2, 0) is 46.5 Å². The third-order valence-electron chi connectivity index (χ3n) is 8.87. The number of aliphatic hydroxyl groups is 1. The Balaban J connectivity index is 1.39. The van der Waals surface area contributed by atoms with Crippen LogP contribution in [0.15, 0.2) is 42.4 Å². The fourth-order valence-electron chi connectivity index (χ4n) is 6.00. The summed E-state index contributed by atoms with van der Waals surface area (Å²) in [6.45, 7) is 7.86. The summed E-state index contributed by atoms with van der Waals surface area (Å²) in [7, 11) is -6.02. The third-order valence-corrected chi connectivity index (χ3v) is 13.7. The van der Waals surface area contributed by atoms with Crippen LogP contribution >= 0.6 is 37.2 Å². The van der Waals surface area contributed by atoms with Crippen molar-refractivity contribution in [2.75, 3.05) is 37.5 Å². The SMILES string of the molecule is C=CCCC(=O)N(C)[C@@H](CSSC(C)(C)C)C(=O)O[C@H]1[C@@H](O)[C@H](n2cnc3c(N)ncnc32)O[C@@H]1COP(=O)(O)O[C@H]1C[C@H](n2ccc(N)nc2=O)O[C@@H]1COP(=O)(O)O. The average molecular weight is 924 g/mol. The van der Waals surface area contributed by atoms with Gasteiger partial charge in [0.05, 0.1) is 19.5 Å². The van der Waals surface area contributed by atoms with Crippen molar-refractivity contribution < 1.29 is 66.3 Å². The first-order valence-electron chi connectivity index (χ1n) is 18.1. The van der Waals surface area contributed by atoms with Crippen molar-refractivity contribution >= 4 is 71.9 Å². The van der Waals surface area contributed by atoms with Gasteiger partial charge in [-0.3, -0.25) is 27.5 Å². The molecular weight excluding hydrogens is 876 g/mol. The van der Waals surface area contributed by atoms with Gasteiger partial charge in [-0.1, -0.05) is 48.4 Å². The van der Waals surface area contributed by atoms with Crippen LogP contribution in [0.4, 0.5) is 11.6 Å². The highest BCUT2D eigenvalue weighted by Crippen LogP contribution is 2.50. The van der Waals surface area contributed by atoms with Crippen molar-refractivity contribution in [1.82, 2.24) is 34.0 Å². The number of aliphatic hydroxyl groups excluding tert-OH is 1. The topological polar surface area (TPSA) is 338 Å². The van der Waals surface area contributed by atoms with Crippen LogP contribution in [0.3, 0.4) is 0 Å². The molecule has 24 nitrogen and oxygen atoms in total. The van der Waals surface area contributed by atoms with Gasteiger partial charge in [-0.15, -0.1) is 6.58 Å². The summed E-state index contributed by atoms with van der Waals surface area (Å²) in [4.78, 5) is 86.4. The zero-order chi connectivity index (χ0) is 44.2. The number of rotatable bonds is 19. The molecule has 28 heteroatoms. The van der Waals surface area contributed by atoms with Gasteiger partial charge in [0.1, 0.15) is 54.3 Å². The van der Waals surface area contributed by atoms with Crippen molar-refractivity contribution in [3.63, 3.8) is 0 Å². The number of carbonyl (C=O) groups is 2. The van der Waals surface area contributed by atoms with Gasteiger partial charge in [-0.05, 0) is 12.5 Å². The number of likely N-dealkylation sites (N-methyl/N-ethyl adjacent to an activating group) is 1. The third kappa shape index (κ3) is 12.3. The molecule has 2 saturated heterocycles. The van der Waals surface area contributed by atoms with E-state index >= 15 is 0 Å². The Morgan fingerprint density at radius 2 is 1.83 bits per heavy atom. The fraction of sp³-hybridized carbons (Fsp3) is 0.594. The van der Waals surface area contributed by atoms with Crippen molar-refractivity contribution in [3.8, 4) is 0 Å². The predicted octanol–water partition coefficient (Wildman–Crippen LogP) is 1.29. The van der Waals surface area contributed by atoms with Gasteiger partial charge in [-0.25, -0.2) is 33.7 Å². The van der Waals surface area contributed by atoms with Gasteiger partial charge in [0.2, 0.25) is 5.91 Å². The zero-order valence-corrected chi connectivity index (χ0v) is 36.2. The summed E-state index contributed by atoms with van der Waals surface area (Å²) in [5.41, 5.74) is 11.0. The molecule has 60 heavy (non-hydrogen) atoms. The average Bonchev–Trinajstić information content (AvgIpc) is 3.85. The maximum atomic E-state index is 14.0. The Bertz CT molecular complexity index is 2170. The Labute approximate surface area is 350 Å². The van der Waals surface area contributed by atoms with E-state index in [0.717, 1.165) is 10.9 Å². The van der Waals surface area contributed by atoms with Gasteiger partial charge in [0, 0.05) is 36.6 Å². The highest BCUT2D eigenvalue weighted by Gasteiger charge is 2.50. The number of ether oxygens (including phenoxy) is 3. The highest BCUT2D eigenvalue weighted by atomic mass is 33.1. The molecule has 2 aliphatic heterocycles. The van der Waals surface area contributed by atoms with Crippen LogP contribution in [0.5, 0.6) is 0 Å². The van der Waals surface area contributed by atoms with Crippen molar-refractivity contribution in [3.05, 3.63) is 48.1 Å². The van der Waals surface area contributed by atoms with Crippen LogP contribution in [0.1, 0.15) is 52.5 Å². The number of nitrogens with zero attached hydrogens (tertiary/aromatic N) is 7.